The maximum Gasteiger partial charge on any atom is 0.105 e. The summed E-state index contributed by atoms with van der Waals surface area (Å²) >= 11 is 0. The van der Waals surface area contributed by atoms with E-state index in [-0.39, 0.29) is 0 Å². The van der Waals surface area contributed by atoms with Gasteiger partial charge in [0.1, 0.15) is 5.84 Å². The molecule has 6 rings (SSSR count). The highest BCUT2D eigenvalue weighted by atomic mass is 15.3. The molecule has 0 unspecified atom stereocenters. The topological polar surface area (TPSA) is 18.8 Å². The lowest BCUT2D eigenvalue weighted by Gasteiger charge is -2.59. The summed E-state index contributed by atoms with van der Waals surface area (Å²) in [6, 6.07) is 16.8. The van der Waals surface area contributed by atoms with Crippen LogP contribution in [-0.2, 0) is 0 Å². The molecule has 2 aromatic carbocycles. The van der Waals surface area contributed by atoms with Crippen molar-refractivity contribution in [2.45, 2.75) is 57.0 Å². The van der Waals surface area contributed by atoms with Crippen molar-refractivity contribution in [2.75, 3.05) is 19.6 Å². The molecule has 4 saturated heterocycles. The third-order valence-electron chi connectivity index (χ3n) is 7.92. The van der Waals surface area contributed by atoms with E-state index in [0.717, 1.165) is 36.0 Å². The number of amidine groups is 1. The minimum absolute atomic E-state index is 0.727. The standard InChI is InChI=1S/C25H31N3/c1-2-10-20-18(7-1)8-3-12-22(20)26-24-14-4-13-23-21-11-6-16-27-15-5-9-19(25(21)27)17-28(23)24/h1-3,7-8,10,12,19,21,23,25H,4-6,9,11,13-17H2/t19-,21-,23-,25+/m1/s1. The highest BCUT2D eigenvalue weighted by molar-refractivity contribution is 5.96. The van der Waals surface area contributed by atoms with Gasteiger partial charge in [-0.3, -0.25) is 4.90 Å². The highest BCUT2D eigenvalue weighted by Gasteiger charge is 2.49. The Bertz CT molecular complexity index is 896. The van der Waals surface area contributed by atoms with Crippen LogP contribution in [-0.4, -0.2) is 47.4 Å². The van der Waals surface area contributed by atoms with Crippen LogP contribution in [0.3, 0.4) is 0 Å². The average Bonchev–Trinajstić information content (AvgIpc) is 2.75. The van der Waals surface area contributed by atoms with Crippen molar-refractivity contribution in [1.29, 1.82) is 0 Å². The molecule has 0 saturated carbocycles. The number of aliphatic imine (C=N–C) groups is 1. The first-order chi connectivity index (χ1) is 13.9. The molecule has 0 bridgehead atoms. The van der Waals surface area contributed by atoms with E-state index < -0.39 is 0 Å². The number of benzene rings is 2. The summed E-state index contributed by atoms with van der Waals surface area (Å²) < 4.78 is 0. The molecule has 0 aromatic heterocycles. The normalized spacial score (nSPS) is 34.3. The summed E-state index contributed by atoms with van der Waals surface area (Å²) in [6.07, 6.45) is 9.46. The van der Waals surface area contributed by atoms with Gasteiger partial charge in [-0.25, -0.2) is 4.99 Å². The van der Waals surface area contributed by atoms with Crippen LogP contribution in [0.2, 0.25) is 0 Å². The van der Waals surface area contributed by atoms with Gasteiger partial charge in [-0.1, -0.05) is 36.4 Å². The summed E-state index contributed by atoms with van der Waals surface area (Å²) in [7, 11) is 0. The zero-order valence-electron chi connectivity index (χ0n) is 16.8. The van der Waals surface area contributed by atoms with Gasteiger partial charge in [-0.05, 0) is 74.9 Å². The Morgan fingerprint density at radius 1 is 0.857 bits per heavy atom. The molecule has 4 atom stereocenters. The summed E-state index contributed by atoms with van der Waals surface area (Å²) in [5.74, 6) is 3.09. The number of fused-ring (bicyclic) bond motifs is 3. The molecule has 4 heterocycles. The van der Waals surface area contributed by atoms with Crippen molar-refractivity contribution in [1.82, 2.24) is 9.80 Å². The van der Waals surface area contributed by atoms with Crippen LogP contribution in [0.15, 0.2) is 47.5 Å². The van der Waals surface area contributed by atoms with E-state index in [1.165, 1.54) is 74.8 Å². The number of hydrogen-bond acceptors (Lipinski definition) is 2. The molecule has 0 amide bonds. The Kier molecular flexibility index (Phi) is 4.18. The Balaban J connectivity index is 1.38. The molecule has 0 radical (unpaired) electrons. The van der Waals surface area contributed by atoms with Crippen LogP contribution in [0, 0.1) is 11.8 Å². The fourth-order valence-electron chi connectivity index (χ4n) is 6.84. The van der Waals surface area contributed by atoms with Crippen LogP contribution in [0.5, 0.6) is 0 Å². The molecule has 146 valence electrons. The van der Waals surface area contributed by atoms with Crippen molar-refractivity contribution in [3.8, 4) is 0 Å². The molecule has 0 aliphatic carbocycles. The largest absolute Gasteiger partial charge is 0.356 e. The summed E-state index contributed by atoms with van der Waals surface area (Å²) in [5.41, 5.74) is 1.16. The van der Waals surface area contributed by atoms with E-state index in [1.54, 1.807) is 0 Å². The van der Waals surface area contributed by atoms with Gasteiger partial charge in [0, 0.05) is 30.4 Å². The molecule has 3 nitrogen and oxygen atoms in total. The zero-order chi connectivity index (χ0) is 18.5. The lowest BCUT2D eigenvalue weighted by atomic mass is 9.68. The fourth-order valence-corrected chi connectivity index (χ4v) is 6.84. The van der Waals surface area contributed by atoms with Gasteiger partial charge >= 0.3 is 0 Å². The van der Waals surface area contributed by atoms with Gasteiger partial charge in [0.05, 0.1) is 5.69 Å². The van der Waals surface area contributed by atoms with Crippen molar-refractivity contribution < 1.29 is 0 Å². The summed E-state index contributed by atoms with van der Waals surface area (Å²) in [6.45, 7) is 3.94. The average molecular weight is 374 g/mol. The smallest absolute Gasteiger partial charge is 0.105 e. The van der Waals surface area contributed by atoms with Gasteiger partial charge in [-0.15, -0.1) is 0 Å². The van der Waals surface area contributed by atoms with Gasteiger partial charge in [0.2, 0.25) is 0 Å². The van der Waals surface area contributed by atoms with Crippen molar-refractivity contribution >= 4 is 22.3 Å². The maximum atomic E-state index is 5.30. The van der Waals surface area contributed by atoms with Crippen LogP contribution >= 0.6 is 0 Å². The lowest BCUT2D eigenvalue weighted by molar-refractivity contribution is -0.0604. The van der Waals surface area contributed by atoms with Crippen molar-refractivity contribution in [3.63, 3.8) is 0 Å². The molecule has 0 N–H and O–H groups in total. The first kappa shape index (κ1) is 17.0. The second-order valence-corrected chi connectivity index (χ2v) is 9.37. The molecular formula is C25H31N3. The quantitative estimate of drug-likeness (QED) is 0.682. The molecule has 2 aromatic rings. The zero-order valence-corrected chi connectivity index (χ0v) is 16.8. The Labute approximate surface area is 168 Å². The lowest BCUT2D eigenvalue weighted by Crippen LogP contribution is -2.66. The molecule has 4 aliphatic heterocycles. The molecule has 3 heteroatoms. The summed E-state index contributed by atoms with van der Waals surface area (Å²) in [5, 5.41) is 2.58. The Morgan fingerprint density at radius 2 is 1.71 bits per heavy atom. The monoisotopic (exact) mass is 373 g/mol. The van der Waals surface area contributed by atoms with E-state index in [4.69, 9.17) is 4.99 Å². The van der Waals surface area contributed by atoms with Crippen LogP contribution < -0.4 is 0 Å². The van der Waals surface area contributed by atoms with Crippen LogP contribution in [0.4, 0.5) is 5.69 Å². The number of nitrogens with zero attached hydrogens (tertiary/aromatic N) is 3. The predicted octanol–water partition coefficient (Wildman–Crippen LogP) is 5.23. The second-order valence-electron chi connectivity index (χ2n) is 9.37. The van der Waals surface area contributed by atoms with E-state index in [2.05, 4.69) is 52.3 Å². The fraction of sp³-hybridized carbons (Fsp3) is 0.560. The number of piperidine rings is 4. The molecule has 4 fully saturated rings. The van der Waals surface area contributed by atoms with Gasteiger partial charge in [-0.2, -0.15) is 0 Å². The predicted molar refractivity (Wildman–Crippen MR) is 116 cm³/mol. The molecule has 0 spiro atoms. The molecular weight excluding hydrogens is 342 g/mol. The number of hydrogen-bond donors (Lipinski definition) is 0. The van der Waals surface area contributed by atoms with E-state index in [0.29, 0.717) is 0 Å². The van der Waals surface area contributed by atoms with E-state index in [1.807, 2.05) is 0 Å². The minimum Gasteiger partial charge on any atom is -0.356 e. The Morgan fingerprint density at radius 3 is 2.68 bits per heavy atom. The van der Waals surface area contributed by atoms with Crippen LogP contribution in [0.1, 0.15) is 44.9 Å². The first-order valence-corrected chi connectivity index (χ1v) is 11.4. The molecule has 4 aliphatic rings. The van der Waals surface area contributed by atoms with E-state index >= 15 is 0 Å². The van der Waals surface area contributed by atoms with Crippen molar-refractivity contribution in [3.05, 3.63) is 42.5 Å². The third kappa shape index (κ3) is 2.70. The minimum atomic E-state index is 0.727. The van der Waals surface area contributed by atoms with Gasteiger partial charge < -0.3 is 4.90 Å². The number of rotatable bonds is 1. The third-order valence-corrected chi connectivity index (χ3v) is 7.92. The van der Waals surface area contributed by atoms with Crippen molar-refractivity contribution in [2.24, 2.45) is 16.8 Å². The van der Waals surface area contributed by atoms with E-state index in [9.17, 15) is 0 Å². The Hall–Kier alpha value is -1.87. The van der Waals surface area contributed by atoms with Gasteiger partial charge in [0.15, 0.2) is 0 Å². The summed E-state index contributed by atoms with van der Waals surface area (Å²) in [4.78, 5) is 10.9. The molecule has 28 heavy (non-hydrogen) atoms. The maximum absolute atomic E-state index is 5.30. The SMILES string of the molecule is c1ccc2c(N=C3CCC[C@@H]4[C@H]5CCCN6CCC[C@H](CN34)[C@@H]56)cccc2c1. The van der Waals surface area contributed by atoms with Gasteiger partial charge in [0.25, 0.3) is 0 Å². The highest BCUT2D eigenvalue weighted by Crippen LogP contribution is 2.45. The van der Waals surface area contributed by atoms with Crippen LogP contribution in [0.25, 0.3) is 10.8 Å². The first-order valence-electron chi connectivity index (χ1n) is 11.4. The second kappa shape index (κ2) is 6.88.